The van der Waals surface area contributed by atoms with E-state index in [-0.39, 0.29) is 0 Å². The van der Waals surface area contributed by atoms with E-state index in [4.69, 9.17) is 5.73 Å². The summed E-state index contributed by atoms with van der Waals surface area (Å²) in [6.45, 7) is 0. The predicted molar refractivity (Wildman–Crippen MR) is 82.8 cm³/mol. The second-order valence-electron chi connectivity index (χ2n) is 3.81. The van der Waals surface area contributed by atoms with Gasteiger partial charge in [-0.2, -0.15) is 0 Å². The minimum absolute atomic E-state index is 0.488. The number of hydrogen-bond donors (Lipinski definition) is 1. The summed E-state index contributed by atoms with van der Waals surface area (Å²) < 4.78 is 14.1. The molecule has 2 nitrogen and oxygen atoms in total. The fraction of sp³-hybridized carbons (Fsp3) is 0.0769. The minimum atomic E-state index is -1.09. The van der Waals surface area contributed by atoms with Crippen molar-refractivity contribution in [2.24, 2.45) is 0 Å². The lowest BCUT2D eigenvalue weighted by Crippen LogP contribution is -1.98. The molecule has 0 saturated heterocycles. The number of rotatable bonds is 3. The quantitative estimate of drug-likeness (QED) is 0.804. The first-order valence-electron chi connectivity index (χ1n) is 5.24. The molecular weight excluding hydrogens is 378 g/mol. The molecule has 1 atom stereocenters. The number of halogens is 2. The molecular formula is C13H11Br2NOS. The van der Waals surface area contributed by atoms with Crippen molar-refractivity contribution in [1.29, 1.82) is 0 Å². The molecule has 1 unspecified atom stereocenters. The average molecular weight is 389 g/mol. The lowest BCUT2D eigenvalue weighted by atomic mass is 10.2. The molecule has 0 bridgehead atoms. The smallest absolute Gasteiger partial charge is 0.0585 e. The zero-order valence-electron chi connectivity index (χ0n) is 9.40. The Hall–Kier alpha value is -0.650. The number of anilines is 1. The van der Waals surface area contributed by atoms with Crippen molar-refractivity contribution in [2.75, 3.05) is 5.73 Å². The van der Waals surface area contributed by atoms with Crippen LogP contribution in [0.1, 0.15) is 5.56 Å². The Bertz CT molecular complexity index is 601. The molecule has 2 rings (SSSR count). The number of benzene rings is 2. The maximum Gasteiger partial charge on any atom is 0.0585 e. The Kier molecular flexibility index (Phi) is 4.59. The highest BCUT2D eigenvalue weighted by molar-refractivity contribution is 9.10. The van der Waals surface area contributed by atoms with Crippen LogP contribution in [0.5, 0.6) is 0 Å². The molecule has 0 heterocycles. The van der Waals surface area contributed by atoms with Crippen molar-refractivity contribution in [3.63, 3.8) is 0 Å². The summed E-state index contributed by atoms with van der Waals surface area (Å²) in [4.78, 5) is 0.768. The Morgan fingerprint density at radius 2 is 1.89 bits per heavy atom. The van der Waals surface area contributed by atoms with E-state index in [1.807, 2.05) is 24.3 Å². The largest absolute Gasteiger partial charge is 0.399 e. The van der Waals surface area contributed by atoms with Crippen molar-refractivity contribution >= 4 is 48.3 Å². The highest BCUT2D eigenvalue weighted by atomic mass is 79.9. The second-order valence-corrected chi connectivity index (χ2v) is 7.00. The van der Waals surface area contributed by atoms with Crippen LogP contribution in [0, 0.1) is 0 Å². The fourth-order valence-corrected chi connectivity index (χ4v) is 4.08. The van der Waals surface area contributed by atoms with E-state index in [2.05, 4.69) is 31.9 Å². The average Bonchev–Trinajstić information content (AvgIpc) is 2.28. The molecule has 2 aromatic carbocycles. The fourth-order valence-electron chi connectivity index (χ4n) is 1.56. The van der Waals surface area contributed by atoms with E-state index in [9.17, 15) is 4.21 Å². The Balaban J connectivity index is 2.22. The first-order valence-corrected chi connectivity index (χ1v) is 8.14. The van der Waals surface area contributed by atoms with Gasteiger partial charge in [-0.15, -0.1) is 0 Å². The topological polar surface area (TPSA) is 43.1 Å². The first-order chi connectivity index (χ1) is 8.56. The molecule has 0 aliphatic carbocycles. The van der Waals surface area contributed by atoms with Crippen LogP contribution in [-0.4, -0.2) is 4.21 Å². The summed E-state index contributed by atoms with van der Waals surface area (Å²) in [6.07, 6.45) is 0. The summed E-state index contributed by atoms with van der Waals surface area (Å²) in [5.41, 5.74) is 7.36. The van der Waals surface area contributed by atoms with Gasteiger partial charge in [-0.05, 0) is 51.8 Å². The van der Waals surface area contributed by atoms with E-state index >= 15 is 0 Å². The Morgan fingerprint density at radius 1 is 1.11 bits per heavy atom. The van der Waals surface area contributed by atoms with Crippen LogP contribution in [0.25, 0.3) is 0 Å². The molecule has 0 spiro atoms. The van der Waals surface area contributed by atoms with E-state index in [1.54, 1.807) is 18.2 Å². The normalized spacial score (nSPS) is 12.3. The maximum atomic E-state index is 12.3. The van der Waals surface area contributed by atoms with Crippen molar-refractivity contribution < 1.29 is 4.21 Å². The van der Waals surface area contributed by atoms with Gasteiger partial charge in [-0.3, -0.25) is 4.21 Å². The van der Waals surface area contributed by atoms with Crippen LogP contribution in [0.3, 0.4) is 0 Å². The molecule has 18 heavy (non-hydrogen) atoms. The summed E-state index contributed by atoms with van der Waals surface area (Å²) >= 11 is 6.80. The summed E-state index contributed by atoms with van der Waals surface area (Å²) in [7, 11) is -1.09. The first kappa shape index (κ1) is 13.8. The third-order valence-corrected chi connectivity index (χ3v) is 5.24. The van der Waals surface area contributed by atoms with Gasteiger partial charge in [0.25, 0.3) is 0 Å². The van der Waals surface area contributed by atoms with E-state index in [1.165, 1.54) is 0 Å². The zero-order chi connectivity index (χ0) is 13.1. The molecule has 0 radical (unpaired) electrons. The standard InChI is InChI=1S/C13H11Br2NOS/c14-10-3-1-2-9(6-10)8-18(17)13-5-4-11(16)7-12(13)15/h1-7H,8,16H2. The van der Waals surface area contributed by atoms with Gasteiger partial charge in [-0.1, -0.05) is 28.1 Å². The van der Waals surface area contributed by atoms with Gasteiger partial charge in [0.2, 0.25) is 0 Å². The van der Waals surface area contributed by atoms with E-state index < -0.39 is 10.8 Å². The number of nitrogens with two attached hydrogens (primary N) is 1. The molecule has 0 aromatic heterocycles. The third-order valence-electron chi connectivity index (χ3n) is 2.39. The minimum Gasteiger partial charge on any atom is -0.399 e. The van der Waals surface area contributed by atoms with Crippen molar-refractivity contribution in [1.82, 2.24) is 0 Å². The lowest BCUT2D eigenvalue weighted by Gasteiger charge is -2.06. The van der Waals surface area contributed by atoms with E-state index in [0.717, 1.165) is 19.4 Å². The van der Waals surface area contributed by atoms with E-state index in [0.29, 0.717) is 11.4 Å². The third kappa shape index (κ3) is 3.43. The van der Waals surface area contributed by atoms with Gasteiger partial charge in [0, 0.05) is 14.6 Å². The van der Waals surface area contributed by atoms with Crippen LogP contribution >= 0.6 is 31.9 Å². The molecule has 0 aliphatic rings. The van der Waals surface area contributed by atoms with Crippen molar-refractivity contribution in [3.05, 3.63) is 57.0 Å². The SMILES string of the molecule is Nc1ccc(S(=O)Cc2cccc(Br)c2)c(Br)c1. The van der Waals surface area contributed by atoms with Gasteiger partial charge in [0.15, 0.2) is 0 Å². The predicted octanol–water partition coefficient (Wildman–Crippen LogP) is 4.10. The van der Waals surface area contributed by atoms with Gasteiger partial charge in [0.1, 0.15) is 0 Å². The Morgan fingerprint density at radius 3 is 2.56 bits per heavy atom. The highest BCUT2D eigenvalue weighted by Gasteiger charge is 2.09. The summed E-state index contributed by atoms with van der Waals surface area (Å²) in [6, 6.07) is 13.2. The highest BCUT2D eigenvalue weighted by Crippen LogP contribution is 2.25. The number of nitrogen functional groups attached to an aromatic ring is 1. The zero-order valence-corrected chi connectivity index (χ0v) is 13.4. The number of hydrogen-bond acceptors (Lipinski definition) is 2. The molecule has 94 valence electrons. The van der Waals surface area contributed by atoms with Gasteiger partial charge in [0.05, 0.1) is 21.4 Å². The molecule has 0 amide bonds. The van der Waals surface area contributed by atoms with Crippen molar-refractivity contribution in [3.8, 4) is 0 Å². The van der Waals surface area contributed by atoms with Crippen LogP contribution in [0.15, 0.2) is 56.3 Å². The van der Waals surface area contributed by atoms with Crippen LogP contribution in [0.2, 0.25) is 0 Å². The molecule has 2 aromatic rings. The van der Waals surface area contributed by atoms with Gasteiger partial charge in [-0.25, -0.2) is 0 Å². The molecule has 0 fully saturated rings. The maximum absolute atomic E-state index is 12.3. The second kappa shape index (κ2) is 5.99. The molecule has 0 aliphatic heterocycles. The monoisotopic (exact) mass is 387 g/mol. The van der Waals surface area contributed by atoms with Gasteiger partial charge >= 0.3 is 0 Å². The molecule has 0 saturated carbocycles. The van der Waals surface area contributed by atoms with Crippen LogP contribution in [0.4, 0.5) is 5.69 Å². The van der Waals surface area contributed by atoms with Crippen LogP contribution < -0.4 is 5.73 Å². The molecule has 5 heteroatoms. The van der Waals surface area contributed by atoms with Crippen LogP contribution in [-0.2, 0) is 16.6 Å². The lowest BCUT2D eigenvalue weighted by molar-refractivity contribution is 0.682. The van der Waals surface area contributed by atoms with Crippen molar-refractivity contribution in [2.45, 2.75) is 10.6 Å². The molecule has 2 N–H and O–H groups in total. The summed E-state index contributed by atoms with van der Waals surface area (Å²) in [5, 5.41) is 0. The summed E-state index contributed by atoms with van der Waals surface area (Å²) in [5.74, 6) is 0.488. The Labute approximate surface area is 125 Å². The van der Waals surface area contributed by atoms with Gasteiger partial charge < -0.3 is 5.73 Å².